The van der Waals surface area contributed by atoms with Crippen molar-refractivity contribution in [1.82, 2.24) is 15.1 Å². The molecule has 23 heavy (non-hydrogen) atoms. The molecule has 2 aromatic rings. The lowest BCUT2D eigenvalue weighted by Gasteiger charge is -2.26. The van der Waals surface area contributed by atoms with Crippen LogP contribution >= 0.6 is 0 Å². The molecule has 8 heteroatoms. The van der Waals surface area contributed by atoms with Crippen LogP contribution in [-0.4, -0.2) is 34.9 Å². The number of nitrogens with zero attached hydrogens (tertiary/aromatic N) is 2. The Bertz CT molecular complexity index is 690. The van der Waals surface area contributed by atoms with Gasteiger partial charge in [0, 0.05) is 19.2 Å². The van der Waals surface area contributed by atoms with Gasteiger partial charge < -0.3 is 14.8 Å². The highest BCUT2D eigenvalue weighted by Crippen LogP contribution is 2.31. The largest absolute Gasteiger partial charge is 0.486 e. The third-order valence-corrected chi connectivity index (χ3v) is 3.36. The first-order chi connectivity index (χ1) is 11.1. The Morgan fingerprint density at radius 2 is 2.13 bits per heavy atom. The van der Waals surface area contributed by atoms with E-state index >= 15 is 0 Å². The molecular weight excluding hydrogens is 308 g/mol. The minimum atomic E-state index is -2.76. The lowest BCUT2D eigenvalue weighted by Crippen LogP contribution is -2.34. The van der Waals surface area contributed by atoms with Gasteiger partial charge in [-0.15, -0.1) is 0 Å². The normalized spacial score (nSPS) is 16.4. The van der Waals surface area contributed by atoms with Crippen LogP contribution in [-0.2, 0) is 0 Å². The summed E-state index contributed by atoms with van der Waals surface area (Å²) in [4.78, 5) is 11.8. The van der Waals surface area contributed by atoms with Crippen LogP contribution in [0.5, 0.6) is 11.5 Å². The van der Waals surface area contributed by atoms with E-state index in [-0.39, 0.29) is 11.8 Å². The Hall–Kier alpha value is -2.64. The van der Waals surface area contributed by atoms with Crippen molar-refractivity contribution in [2.45, 2.75) is 19.1 Å². The monoisotopic (exact) mass is 323 g/mol. The number of rotatable bonds is 5. The number of amides is 1. The highest BCUT2D eigenvalue weighted by atomic mass is 19.3. The molecule has 1 aromatic heterocycles. The van der Waals surface area contributed by atoms with Crippen LogP contribution in [0.3, 0.4) is 0 Å². The number of hydrogen-bond donors (Lipinski definition) is 1. The number of aromatic nitrogens is 2. The summed E-state index contributed by atoms with van der Waals surface area (Å²) in [5.74, 6) is 0.873. The number of benzene rings is 1. The number of para-hydroxylation sites is 2. The second-order valence-corrected chi connectivity index (χ2v) is 5.00. The SMILES string of the molecule is O=C(NCC[C@@H]1COc2ccccc2O1)c1ccn(C(F)F)n1. The average molecular weight is 323 g/mol. The summed E-state index contributed by atoms with van der Waals surface area (Å²) in [7, 11) is 0. The molecular formula is C15H15F2N3O3. The quantitative estimate of drug-likeness (QED) is 0.916. The van der Waals surface area contributed by atoms with E-state index < -0.39 is 12.5 Å². The molecule has 1 aliphatic rings. The summed E-state index contributed by atoms with van der Waals surface area (Å²) in [5.41, 5.74) is -0.0449. The maximum atomic E-state index is 12.4. The van der Waals surface area contributed by atoms with E-state index in [0.29, 0.717) is 35.8 Å². The van der Waals surface area contributed by atoms with Gasteiger partial charge in [-0.3, -0.25) is 4.79 Å². The topological polar surface area (TPSA) is 65.4 Å². The second kappa shape index (κ2) is 6.64. The van der Waals surface area contributed by atoms with Gasteiger partial charge in [-0.05, 0) is 18.2 Å². The fraction of sp³-hybridized carbons (Fsp3) is 0.333. The van der Waals surface area contributed by atoms with Gasteiger partial charge in [-0.1, -0.05) is 12.1 Å². The van der Waals surface area contributed by atoms with Gasteiger partial charge in [-0.2, -0.15) is 13.9 Å². The molecule has 0 spiro atoms. The van der Waals surface area contributed by atoms with E-state index in [1.54, 1.807) is 0 Å². The molecule has 2 heterocycles. The Labute approximate surface area is 131 Å². The summed E-state index contributed by atoms with van der Waals surface area (Å²) < 4.78 is 36.6. The van der Waals surface area contributed by atoms with Crippen molar-refractivity contribution in [2.24, 2.45) is 0 Å². The molecule has 3 rings (SSSR count). The number of nitrogens with one attached hydrogen (secondary N) is 1. The van der Waals surface area contributed by atoms with E-state index in [4.69, 9.17) is 9.47 Å². The zero-order valence-electron chi connectivity index (χ0n) is 12.1. The van der Waals surface area contributed by atoms with Gasteiger partial charge in [0.2, 0.25) is 0 Å². The number of ether oxygens (including phenoxy) is 2. The van der Waals surface area contributed by atoms with Gasteiger partial charge in [0.25, 0.3) is 5.91 Å². The lowest BCUT2D eigenvalue weighted by molar-refractivity contribution is 0.0559. The van der Waals surface area contributed by atoms with Crippen LogP contribution in [0.15, 0.2) is 36.5 Å². The predicted octanol–water partition coefficient (Wildman–Crippen LogP) is 2.24. The fourth-order valence-corrected chi connectivity index (χ4v) is 2.21. The van der Waals surface area contributed by atoms with Gasteiger partial charge in [-0.25, -0.2) is 4.68 Å². The van der Waals surface area contributed by atoms with Gasteiger partial charge >= 0.3 is 6.55 Å². The highest BCUT2D eigenvalue weighted by molar-refractivity contribution is 5.92. The molecule has 0 unspecified atom stereocenters. The highest BCUT2D eigenvalue weighted by Gasteiger charge is 2.20. The van der Waals surface area contributed by atoms with Crippen molar-refractivity contribution in [1.29, 1.82) is 0 Å². The Morgan fingerprint density at radius 1 is 1.35 bits per heavy atom. The molecule has 0 fully saturated rings. The zero-order chi connectivity index (χ0) is 16.2. The van der Waals surface area contributed by atoms with Gasteiger partial charge in [0.1, 0.15) is 18.4 Å². The van der Waals surface area contributed by atoms with Crippen molar-refractivity contribution in [2.75, 3.05) is 13.2 Å². The van der Waals surface area contributed by atoms with E-state index in [1.165, 1.54) is 6.07 Å². The van der Waals surface area contributed by atoms with Crippen molar-refractivity contribution < 1.29 is 23.0 Å². The predicted molar refractivity (Wildman–Crippen MR) is 76.8 cm³/mol. The molecule has 0 saturated heterocycles. The van der Waals surface area contributed by atoms with Crippen LogP contribution in [0.2, 0.25) is 0 Å². The molecule has 1 aliphatic heterocycles. The third kappa shape index (κ3) is 3.58. The average Bonchev–Trinajstić information content (AvgIpc) is 3.05. The maximum absolute atomic E-state index is 12.4. The summed E-state index contributed by atoms with van der Waals surface area (Å²) in [5, 5.41) is 6.13. The first-order valence-electron chi connectivity index (χ1n) is 7.13. The van der Waals surface area contributed by atoms with E-state index in [2.05, 4.69) is 10.4 Å². The number of hydrogen-bond acceptors (Lipinski definition) is 4. The maximum Gasteiger partial charge on any atom is 0.333 e. The van der Waals surface area contributed by atoms with Crippen molar-refractivity contribution in [3.05, 3.63) is 42.2 Å². The molecule has 0 aliphatic carbocycles. The van der Waals surface area contributed by atoms with E-state index in [1.807, 2.05) is 24.3 Å². The number of fused-ring (bicyclic) bond motifs is 1. The molecule has 6 nitrogen and oxygen atoms in total. The second-order valence-electron chi connectivity index (χ2n) is 5.00. The standard InChI is InChI=1S/C15H15F2N3O3/c16-15(17)20-8-6-11(19-20)14(21)18-7-5-10-9-22-12-3-1-2-4-13(12)23-10/h1-4,6,8,10,15H,5,7,9H2,(H,18,21)/t10-/m1/s1. The van der Waals surface area contributed by atoms with Crippen molar-refractivity contribution in [3.8, 4) is 11.5 Å². The van der Waals surface area contributed by atoms with Gasteiger partial charge in [0.05, 0.1) is 0 Å². The van der Waals surface area contributed by atoms with Crippen LogP contribution in [0.1, 0.15) is 23.5 Å². The van der Waals surface area contributed by atoms with Crippen molar-refractivity contribution >= 4 is 5.91 Å². The van der Waals surface area contributed by atoms with Crippen LogP contribution < -0.4 is 14.8 Å². The Morgan fingerprint density at radius 3 is 2.87 bits per heavy atom. The first kappa shape index (κ1) is 15.3. The molecule has 0 saturated carbocycles. The van der Waals surface area contributed by atoms with Gasteiger partial charge in [0.15, 0.2) is 11.5 Å². The number of carbonyl (C=O) groups is 1. The van der Waals surface area contributed by atoms with E-state index in [0.717, 1.165) is 6.20 Å². The fourth-order valence-electron chi connectivity index (χ4n) is 2.21. The number of carbonyl (C=O) groups excluding carboxylic acids is 1. The smallest absolute Gasteiger partial charge is 0.333 e. The molecule has 1 N–H and O–H groups in total. The number of halogens is 2. The summed E-state index contributed by atoms with van der Waals surface area (Å²) in [6.45, 7) is -2.03. The summed E-state index contributed by atoms with van der Waals surface area (Å²) >= 11 is 0. The zero-order valence-corrected chi connectivity index (χ0v) is 12.1. The Balaban J connectivity index is 1.47. The van der Waals surface area contributed by atoms with Crippen LogP contribution in [0.4, 0.5) is 8.78 Å². The molecule has 122 valence electrons. The minimum Gasteiger partial charge on any atom is -0.486 e. The van der Waals surface area contributed by atoms with E-state index in [9.17, 15) is 13.6 Å². The molecule has 1 atom stereocenters. The lowest BCUT2D eigenvalue weighted by atomic mass is 10.2. The summed E-state index contributed by atoms with van der Waals surface area (Å²) in [6, 6.07) is 8.61. The molecule has 0 radical (unpaired) electrons. The Kier molecular flexibility index (Phi) is 4.40. The van der Waals surface area contributed by atoms with Crippen molar-refractivity contribution in [3.63, 3.8) is 0 Å². The number of alkyl halides is 2. The van der Waals surface area contributed by atoms with Crippen LogP contribution in [0.25, 0.3) is 0 Å². The van der Waals surface area contributed by atoms with Crippen LogP contribution in [0, 0.1) is 0 Å². The minimum absolute atomic E-state index is 0.0449. The molecule has 1 aromatic carbocycles. The summed E-state index contributed by atoms with van der Waals surface area (Å²) in [6.07, 6.45) is 1.42. The molecule has 0 bridgehead atoms. The third-order valence-electron chi connectivity index (χ3n) is 3.36. The molecule has 1 amide bonds. The first-order valence-corrected chi connectivity index (χ1v) is 7.13.